The van der Waals surface area contributed by atoms with Crippen molar-refractivity contribution in [3.8, 4) is 0 Å². The summed E-state index contributed by atoms with van der Waals surface area (Å²) in [5.41, 5.74) is 0.505. The Balaban J connectivity index is 2.77. The molecule has 0 aliphatic heterocycles. The van der Waals surface area contributed by atoms with Gasteiger partial charge in [0, 0.05) is 11.6 Å². The van der Waals surface area contributed by atoms with Crippen molar-refractivity contribution in [3.63, 3.8) is 0 Å². The van der Waals surface area contributed by atoms with Crippen LogP contribution in [0.5, 0.6) is 0 Å². The maximum absolute atomic E-state index is 11.7. The average Bonchev–Trinajstić information content (AvgIpc) is 2.36. The van der Waals surface area contributed by atoms with Gasteiger partial charge in [0.2, 0.25) is 0 Å². The van der Waals surface area contributed by atoms with Gasteiger partial charge < -0.3 is 4.74 Å². The van der Waals surface area contributed by atoms with Gasteiger partial charge in [0.15, 0.2) is 0 Å². The van der Waals surface area contributed by atoms with Gasteiger partial charge >= 0.3 is 5.97 Å². The van der Waals surface area contributed by atoms with Crippen molar-refractivity contribution in [1.82, 2.24) is 4.98 Å². The first-order valence-electron chi connectivity index (χ1n) is 5.26. The van der Waals surface area contributed by atoms with E-state index >= 15 is 0 Å². The summed E-state index contributed by atoms with van der Waals surface area (Å²) in [5.74, 6) is -0.575. The Kier molecular flexibility index (Phi) is 4.41. The number of nitrogens with zero attached hydrogens (tertiary/aromatic N) is 1. The highest BCUT2D eigenvalue weighted by Crippen LogP contribution is 2.39. The highest BCUT2D eigenvalue weighted by Gasteiger charge is 2.19. The van der Waals surface area contributed by atoms with Gasteiger partial charge in [0.25, 0.3) is 0 Å². The van der Waals surface area contributed by atoms with Crippen LogP contribution in [0.4, 0.5) is 0 Å². The summed E-state index contributed by atoms with van der Waals surface area (Å²) in [6, 6.07) is 1.47. The van der Waals surface area contributed by atoms with Crippen molar-refractivity contribution in [2.45, 2.75) is 6.92 Å². The second-order valence-corrected chi connectivity index (χ2v) is 5.15. The third kappa shape index (κ3) is 2.61. The second-order valence-electron chi connectivity index (χ2n) is 3.58. The Morgan fingerprint density at radius 2 is 1.89 bits per heavy atom. The number of benzene rings is 1. The van der Waals surface area contributed by atoms with Gasteiger partial charge in [0.1, 0.15) is 0 Å². The number of fused-ring (bicyclic) bond motifs is 1. The lowest BCUT2D eigenvalue weighted by Crippen LogP contribution is -2.06. The van der Waals surface area contributed by atoms with Crippen molar-refractivity contribution in [2.24, 2.45) is 0 Å². The zero-order valence-electron chi connectivity index (χ0n) is 9.64. The molecule has 0 aliphatic carbocycles. The molecule has 2 aromatic rings. The van der Waals surface area contributed by atoms with Gasteiger partial charge in [-0.15, -0.1) is 0 Å². The predicted octanol–water partition coefficient (Wildman–Crippen LogP) is 5.03. The minimum absolute atomic E-state index is 0.122. The second kappa shape index (κ2) is 5.71. The predicted molar refractivity (Wildman–Crippen MR) is 77.7 cm³/mol. The van der Waals surface area contributed by atoms with Crippen molar-refractivity contribution in [3.05, 3.63) is 37.9 Å². The van der Waals surface area contributed by atoms with Crippen LogP contribution in [0.15, 0.2) is 12.3 Å². The van der Waals surface area contributed by atoms with Gasteiger partial charge in [-0.25, -0.2) is 4.79 Å². The van der Waals surface area contributed by atoms with Crippen LogP contribution in [0.3, 0.4) is 0 Å². The normalized spacial score (nSPS) is 10.8. The monoisotopic (exact) mass is 337 g/mol. The van der Waals surface area contributed by atoms with E-state index in [2.05, 4.69) is 4.98 Å². The molecule has 0 aliphatic rings. The number of rotatable bonds is 2. The average molecular weight is 339 g/mol. The molecule has 0 amide bonds. The molecule has 7 heteroatoms. The van der Waals surface area contributed by atoms with Crippen LogP contribution < -0.4 is 0 Å². The van der Waals surface area contributed by atoms with Crippen LogP contribution in [-0.2, 0) is 4.74 Å². The molecular formula is C12H7Cl4NO2. The molecule has 0 spiro atoms. The molecule has 0 fully saturated rings. The van der Waals surface area contributed by atoms with Crippen LogP contribution in [0.2, 0.25) is 20.1 Å². The lowest BCUT2D eigenvalue weighted by atomic mass is 10.1. The number of hydrogen-bond acceptors (Lipinski definition) is 3. The molecule has 0 atom stereocenters. The lowest BCUT2D eigenvalue weighted by Gasteiger charge is -2.10. The maximum atomic E-state index is 11.7. The highest BCUT2D eigenvalue weighted by atomic mass is 35.5. The number of esters is 1. The fourth-order valence-corrected chi connectivity index (χ4v) is 2.69. The third-order valence-corrected chi connectivity index (χ3v) is 3.89. The van der Waals surface area contributed by atoms with Crippen LogP contribution in [0.25, 0.3) is 10.9 Å². The topological polar surface area (TPSA) is 39.2 Å². The van der Waals surface area contributed by atoms with Gasteiger partial charge in [-0.3, -0.25) is 4.98 Å². The van der Waals surface area contributed by atoms with E-state index < -0.39 is 5.97 Å². The molecule has 0 saturated carbocycles. The molecule has 2 rings (SSSR count). The highest BCUT2D eigenvalue weighted by molar-refractivity contribution is 6.50. The van der Waals surface area contributed by atoms with Gasteiger partial charge in [-0.1, -0.05) is 46.4 Å². The van der Waals surface area contributed by atoms with Crippen molar-refractivity contribution in [2.75, 3.05) is 6.61 Å². The largest absolute Gasteiger partial charge is 0.462 e. The van der Waals surface area contributed by atoms with Gasteiger partial charge in [0.05, 0.1) is 37.8 Å². The zero-order valence-corrected chi connectivity index (χ0v) is 12.7. The Morgan fingerprint density at radius 3 is 2.53 bits per heavy atom. The Hall–Kier alpha value is -0.740. The van der Waals surface area contributed by atoms with Crippen LogP contribution in [0.1, 0.15) is 17.3 Å². The summed E-state index contributed by atoms with van der Waals surface area (Å²) in [5, 5.41) is 1.21. The molecule has 3 nitrogen and oxygen atoms in total. The fraction of sp³-hybridized carbons (Fsp3) is 0.167. The molecule has 0 N–H and O–H groups in total. The lowest BCUT2D eigenvalue weighted by molar-refractivity contribution is 0.0526. The third-order valence-electron chi connectivity index (χ3n) is 2.42. The van der Waals surface area contributed by atoms with Crippen LogP contribution in [0, 0.1) is 0 Å². The standard InChI is InChI=1S/C12H7Cl4NO2/c1-2-19-12(18)5-4-17-11-7(14)3-6(13)10(16)8(11)9(5)15/h3-4H,2H2,1H3. The van der Waals surface area contributed by atoms with E-state index in [1.807, 2.05) is 0 Å². The van der Waals surface area contributed by atoms with Crippen molar-refractivity contribution >= 4 is 63.3 Å². The van der Waals surface area contributed by atoms with E-state index in [-0.39, 0.29) is 27.2 Å². The smallest absolute Gasteiger partial charge is 0.341 e. The minimum atomic E-state index is -0.575. The molecule has 19 heavy (non-hydrogen) atoms. The minimum Gasteiger partial charge on any atom is -0.462 e. The van der Waals surface area contributed by atoms with Crippen LogP contribution in [-0.4, -0.2) is 17.6 Å². The fourth-order valence-electron chi connectivity index (χ4n) is 1.58. The number of halogens is 4. The molecule has 1 aromatic heterocycles. The molecular weight excluding hydrogens is 332 g/mol. The van der Waals surface area contributed by atoms with Gasteiger partial charge in [-0.2, -0.15) is 0 Å². The number of hydrogen-bond donors (Lipinski definition) is 0. The van der Waals surface area contributed by atoms with Crippen LogP contribution >= 0.6 is 46.4 Å². The molecule has 0 bridgehead atoms. The molecule has 1 aromatic carbocycles. The molecule has 0 unspecified atom stereocenters. The Bertz CT molecular complexity index is 673. The molecule has 0 radical (unpaired) electrons. The summed E-state index contributed by atoms with van der Waals surface area (Å²) < 4.78 is 4.89. The maximum Gasteiger partial charge on any atom is 0.341 e. The number of carbonyl (C=O) groups is 1. The Labute approximate surface area is 129 Å². The molecule has 0 saturated heterocycles. The first-order chi connectivity index (χ1) is 8.97. The molecule has 100 valence electrons. The zero-order chi connectivity index (χ0) is 14.2. The van der Waals surface area contributed by atoms with Crippen molar-refractivity contribution < 1.29 is 9.53 Å². The van der Waals surface area contributed by atoms with Crippen molar-refractivity contribution in [1.29, 1.82) is 0 Å². The van der Waals surface area contributed by atoms with E-state index in [1.54, 1.807) is 6.92 Å². The summed E-state index contributed by atoms with van der Waals surface area (Å²) in [7, 11) is 0. The number of carbonyl (C=O) groups excluding carboxylic acids is 1. The quantitative estimate of drug-likeness (QED) is 0.569. The Morgan fingerprint density at radius 1 is 1.21 bits per heavy atom. The van der Waals surface area contributed by atoms with E-state index in [0.717, 1.165) is 0 Å². The number of aromatic nitrogens is 1. The number of ether oxygens (including phenoxy) is 1. The first kappa shape index (κ1) is 14.7. The summed E-state index contributed by atoms with van der Waals surface area (Å²) >= 11 is 24.2. The summed E-state index contributed by atoms with van der Waals surface area (Å²) in [6.45, 7) is 1.93. The summed E-state index contributed by atoms with van der Waals surface area (Å²) in [6.07, 6.45) is 1.30. The van der Waals surface area contributed by atoms with E-state index in [4.69, 9.17) is 51.1 Å². The summed E-state index contributed by atoms with van der Waals surface area (Å²) in [4.78, 5) is 15.8. The molecule has 1 heterocycles. The van der Waals surface area contributed by atoms with Gasteiger partial charge in [-0.05, 0) is 13.0 Å². The van der Waals surface area contributed by atoms with E-state index in [1.165, 1.54) is 12.3 Å². The number of pyridine rings is 1. The first-order valence-corrected chi connectivity index (χ1v) is 6.77. The van der Waals surface area contributed by atoms with E-state index in [0.29, 0.717) is 15.9 Å². The SMILES string of the molecule is CCOC(=O)c1cnc2c(Cl)cc(Cl)c(Cl)c2c1Cl. The van der Waals surface area contributed by atoms with E-state index in [9.17, 15) is 4.79 Å².